The average molecular weight is 381 g/mol. The number of nitrogens with zero attached hydrogens (tertiary/aromatic N) is 4. The van der Waals surface area contributed by atoms with Crippen LogP contribution in [0.2, 0.25) is 0 Å². The van der Waals surface area contributed by atoms with Crippen molar-refractivity contribution < 1.29 is 4.79 Å². The number of likely N-dealkylation sites (tertiary alicyclic amines) is 3. The highest BCUT2D eigenvalue weighted by Crippen LogP contribution is 2.26. The van der Waals surface area contributed by atoms with Crippen molar-refractivity contribution in [1.29, 1.82) is 5.26 Å². The van der Waals surface area contributed by atoms with Crippen LogP contribution in [0, 0.1) is 17.2 Å². The van der Waals surface area contributed by atoms with E-state index in [9.17, 15) is 10.1 Å². The molecule has 4 rings (SSSR count). The molecule has 3 aliphatic rings. The summed E-state index contributed by atoms with van der Waals surface area (Å²) in [6.45, 7) is 7.06. The van der Waals surface area contributed by atoms with Gasteiger partial charge in [-0.3, -0.25) is 14.6 Å². The fourth-order valence-electron chi connectivity index (χ4n) is 5.19. The Morgan fingerprint density at radius 2 is 1.75 bits per heavy atom. The molecule has 150 valence electrons. The van der Waals surface area contributed by atoms with Gasteiger partial charge < -0.3 is 4.90 Å². The zero-order valence-corrected chi connectivity index (χ0v) is 16.9. The second-order valence-corrected chi connectivity index (χ2v) is 8.64. The molecule has 0 unspecified atom stereocenters. The summed E-state index contributed by atoms with van der Waals surface area (Å²) in [7, 11) is 0. The molecule has 5 nitrogen and oxygen atoms in total. The van der Waals surface area contributed by atoms with Crippen LogP contribution >= 0.6 is 0 Å². The van der Waals surface area contributed by atoms with Crippen LogP contribution in [0.1, 0.15) is 49.7 Å². The van der Waals surface area contributed by atoms with Gasteiger partial charge in [0.05, 0.1) is 17.6 Å². The highest BCUT2D eigenvalue weighted by atomic mass is 16.2. The van der Waals surface area contributed by atoms with Gasteiger partial charge in [0.15, 0.2) is 0 Å². The normalized spacial score (nSPS) is 25.0. The maximum Gasteiger partial charge on any atom is 0.226 e. The average Bonchev–Trinajstić information content (AvgIpc) is 3.29. The third kappa shape index (κ3) is 4.39. The summed E-state index contributed by atoms with van der Waals surface area (Å²) in [5.74, 6) is 0.625. The van der Waals surface area contributed by atoms with Gasteiger partial charge in [0.2, 0.25) is 5.91 Å². The SMILES string of the molecule is N#Cc1ccccc1CN1CCC(N2CCC[C@H](C(=O)N3CCCC3)C2)CC1. The third-order valence-corrected chi connectivity index (χ3v) is 6.83. The van der Waals surface area contributed by atoms with Crippen LogP contribution < -0.4 is 0 Å². The number of hydrogen-bond acceptors (Lipinski definition) is 4. The number of piperidine rings is 2. The quantitative estimate of drug-likeness (QED) is 0.806. The van der Waals surface area contributed by atoms with Crippen molar-refractivity contribution in [3.63, 3.8) is 0 Å². The summed E-state index contributed by atoms with van der Waals surface area (Å²) >= 11 is 0. The van der Waals surface area contributed by atoms with Crippen LogP contribution in [0.5, 0.6) is 0 Å². The number of rotatable bonds is 4. The molecule has 28 heavy (non-hydrogen) atoms. The van der Waals surface area contributed by atoms with Gasteiger partial charge in [-0.2, -0.15) is 5.26 Å². The second-order valence-electron chi connectivity index (χ2n) is 8.64. The molecule has 1 aromatic carbocycles. The van der Waals surface area contributed by atoms with E-state index in [1.807, 2.05) is 18.2 Å². The molecule has 3 fully saturated rings. The fourth-order valence-corrected chi connectivity index (χ4v) is 5.19. The van der Waals surface area contributed by atoms with Gasteiger partial charge in [-0.15, -0.1) is 0 Å². The summed E-state index contributed by atoms with van der Waals surface area (Å²) in [4.78, 5) is 20.0. The van der Waals surface area contributed by atoms with E-state index in [-0.39, 0.29) is 5.92 Å². The molecule has 0 N–H and O–H groups in total. The molecule has 5 heteroatoms. The summed E-state index contributed by atoms with van der Waals surface area (Å²) in [5, 5.41) is 9.30. The van der Waals surface area contributed by atoms with Crippen molar-refractivity contribution >= 4 is 5.91 Å². The van der Waals surface area contributed by atoms with E-state index in [1.165, 1.54) is 25.7 Å². The van der Waals surface area contributed by atoms with Gasteiger partial charge >= 0.3 is 0 Å². The first-order valence-electron chi connectivity index (χ1n) is 11.0. The van der Waals surface area contributed by atoms with E-state index in [0.717, 1.165) is 69.8 Å². The molecular formula is C23H32N4O. The zero-order valence-electron chi connectivity index (χ0n) is 16.9. The number of hydrogen-bond donors (Lipinski definition) is 0. The smallest absolute Gasteiger partial charge is 0.226 e. The molecule has 1 aromatic rings. The molecule has 3 heterocycles. The minimum atomic E-state index is 0.215. The lowest BCUT2D eigenvalue weighted by atomic mass is 9.92. The van der Waals surface area contributed by atoms with Gasteiger partial charge in [-0.05, 0) is 69.8 Å². The van der Waals surface area contributed by atoms with Crippen molar-refractivity contribution in [2.24, 2.45) is 5.92 Å². The van der Waals surface area contributed by atoms with Crippen LogP contribution in [0.25, 0.3) is 0 Å². The standard InChI is InChI=1S/C23H32N4O/c24-16-19-6-1-2-7-20(19)17-25-14-9-22(10-15-25)27-13-5-8-21(18-27)23(28)26-11-3-4-12-26/h1-2,6-7,21-22H,3-5,8-15,17-18H2/t21-/m0/s1. The number of benzene rings is 1. The molecule has 1 atom stereocenters. The van der Waals surface area contributed by atoms with E-state index in [1.54, 1.807) is 0 Å². The summed E-state index contributed by atoms with van der Waals surface area (Å²) in [6, 6.07) is 10.9. The molecule has 3 aliphatic heterocycles. The van der Waals surface area contributed by atoms with Crippen molar-refractivity contribution in [1.82, 2.24) is 14.7 Å². The molecule has 3 saturated heterocycles. The second kappa shape index (κ2) is 9.07. The lowest BCUT2D eigenvalue weighted by Gasteiger charge is -2.42. The Bertz CT molecular complexity index is 714. The lowest BCUT2D eigenvalue weighted by Crippen LogP contribution is -2.51. The largest absolute Gasteiger partial charge is 0.342 e. The molecule has 0 aliphatic carbocycles. The molecule has 0 bridgehead atoms. The zero-order chi connectivity index (χ0) is 19.3. The van der Waals surface area contributed by atoms with Crippen molar-refractivity contribution in [3.8, 4) is 6.07 Å². The van der Waals surface area contributed by atoms with Gasteiger partial charge in [-0.1, -0.05) is 18.2 Å². The first kappa shape index (κ1) is 19.4. The van der Waals surface area contributed by atoms with E-state index in [0.29, 0.717) is 11.9 Å². The van der Waals surface area contributed by atoms with E-state index >= 15 is 0 Å². The molecule has 0 spiro atoms. The molecule has 0 radical (unpaired) electrons. The van der Waals surface area contributed by atoms with Crippen LogP contribution in [-0.2, 0) is 11.3 Å². The first-order chi connectivity index (χ1) is 13.7. The van der Waals surface area contributed by atoms with Gasteiger partial charge in [0, 0.05) is 32.2 Å². The Morgan fingerprint density at radius 1 is 1.00 bits per heavy atom. The Hall–Kier alpha value is -1.90. The van der Waals surface area contributed by atoms with E-state index < -0.39 is 0 Å². The van der Waals surface area contributed by atoms with Gasteiger partial charge in [0.1, 0.15) is 0 Å². The number of nitriles is 1. The molecule has 1 amide bonds. The minimum Gasteiger partial charge on any atom is -0.342 e. The van der Waals surface area contributed by atoms with Crippen molar-refractivity contribution in [2.75, 3.05) is 39.3 Å². The van der Waals surface area contributed by atoms with Crippen LogP contribution in [-0.4, -0.2) is 65.9 Å². The van der Waals surface area contributed by atoms with Crippen molar-refractivity contribution in [2.45, 2.75) is 51.1 Å². The van der Waals surface area contributed by atoms with E-state index in [4.69, 9.17) is 0 Å². The van der Waals surface area contributed by atoms with Gasteiger partial charge in [0.25, 0.3) is 0 Å². The predicted molar refractivity (Wildman–Crippen MR) is 110 cm³/mol. The Kier molecular flexibility index (Phi) is 6.29. The third-order valence-electron chi connectivity index (χ3n) is 6.83. The highest BCUT2D eigenvalue weighted by Gasteiger charge is 2.34. The van der Waals surface area contributed by atoms with Crippen LogP contribution in [0.4, 0.5) is 0 Å². The summed E-state index contributed by atoms with van der Waals surface area (Å²) in [5.41, 5.74) is 1.93. The number of carbonyl (C=O) groups excluding carboxylic acids is 1. The topological polar surface area (TPSA) is 50.6 Å². The van der Waals surface area contributed by atoms with Crippen molar-refractivity contribution in [3.05, 3.63) is 35.4 Å². The summed E-state index contributed by atoms with van der Waals surface area (Å²) < 4.78 is 0. The predicted octanol–water partition coefficient (Wildman–Crippen LogP) is 2.86. The first-order valence-corrected chi connectivity index (χ1v) is 11.0. The maximum absolute atomic E-state index is 12.8. The van der Waals surface area contributed by atoms with Gasteiger partial charge in [-0.25, -0.2) is 0 Å². The van der Waals surface area contributed by atoms with E-state index in [2.05, 4.69) is 26.8 Å². The Balaban J connectivity index is 1.28. The van der Waals surface area contributed by atoms with Crippen LogP contribution in [0.15, 0.2) is 24.3 Å². The monoisotopic (exact) mass is 380 g/mol. The Morgan fingerprint density at radius 3 is 2.50 bits per heavy atom. The highest BCUT2D eigenvalue weighted by molar-refractivity contribution is 5.79. The Labute approximate surface area is 168 Å². The maximum atomic E-state index is 12.8. The number of carbonyl (C=O) groups is 1. The lowest BCUT2D eigenvalue weighted by molar-refractivity contribution is -0.136. The molecular weight excluding hydrogens is 348 g/mol. The molecule has 0 saturated carbocycles. The molecule has 0 aromatic heterocycles. The van der Waals surface area contributed by atoms with Crippen LogP contribution in [0.3, 0.4) is 0 Å². The fraction of sp³-hybridized carbons (Fsp3) is 0.652. The minimum absolute atomic E-state index is 0.215. The summed E-state index contributed by atoms with van der Waals surface area (Å²) in [6.07, 6.45) is 6.90. The number of amides is 1.